The molecule has 7 nitrogen and oxygen atoms in total. The molecule has 0 radical (unpaired) electrons. The maximum atomic E-state index is 11.9. The van der Waals surface area contributed by atoms with Crippen molar-refractivity contribution in [1.82, 2.24) is 15.1 Å². The van der Waals surface area contributed by atoms with Gasteiger partial charge in [-0.3, -0.25) is 19.6 Å². The molecular formula is C12H21ClN4O3. The van der Waals surface area contributed by atoms with Gasteiger partial charge in [0, 0.05) is 6.54 Å². The van der Waals surface area contributed by atoms with E-state index in [1.807, 2.05) is 13.8 Å². The summed E-state index contributed by atoms with van der Waals surface area (Å²) in [5, 5.41) is 18.2. The number of aromatic nitrogens is 2. The molecule has 8 heteroatoms. The third kappa shape index (κ3) is 5.58. The van der Waals surface area contributed by atoms with Crippen LogP contribution in [-0.2, 0) is 9.59 Å². The van der Waals surface area contributed by atoms with Gasteiger partial charge in [-0.15, -0.1) is 12.4 Å². The highest BCUT2D eigenvalue weighted by Crippen LogP contribution is 2.15. The monoisotopic (exact) mass is 304 g/mol. The van der Waals surface area contributed by atoms with Crippen LogP contribution in [0.25, 0.3) is 0 Å². The molecule has 0 atom stereocenters. The lowest BCUT2D eigenvalue weighted by molar-refractivity contribution is -0.137. The van der Waals surface area contributed by atoms with Gasteiger partial charge in [0.1, 0.15) is 0 Å². The van der Waals surface area contributed by atoms with Crippen LogP contribution in [-0.4, -0.2) is 51.7 Å². The number of nitrogens with one attached hydrogen (secondary N) is 2. The summed E-state index contributed by atoms with van der Waals surface area (Å²) >= 11 is 0. The minimum atomic E-state index is -0.861. The molecular weight excluding hydrogens is 284 g/mol. The fourth-order valence-electron chi connectivity index (χ4n) is 1.72. The van der Waals surface area contributed by atoms with Gasteiger partial charge in [0.2, 0.25) is 5.91 Å². The van der Waals surface area contributed by atoms with E-state index in [0.29, 0.717) is 18.8 Å². The van der Waals surface area contributed by atoms with Crippen LogP contribution in [0.15, 0.2) is 0 Å². The zero-order valence-corrected chi connectivity index (χ0v) is 12.7. The number of anilines is 1. The lowest BCUT2D eigenvalue weighted by Gasteiger charge is -2.18. The van der Waals surface area contributed by atoms with Crippen molar-refractivity contribution in [3.63, 3.8) is 0 Å². The van der Waals surface area contributed by atoms with Crippen molar-refractivity contribution in [2.75, 3.05) is 25.0 Å². The van der Waals surface area contributed by atoms with Gasteiger partial charge < -0.3 is 10.4 Å². The molecule has 0 bridgehead atoms. The molecule has 0 saturated heterocycles. The van der Waals surface area contributed by atoms with Crippen molar-refractivity contribution in [2.45, 2.75) is 27.2 Å². The Morgan fingerprint density at radius 3 is 2.50 bits per heavy atom. The number of hydrogen-bond donors (Lipinski definition) is 3. The van der Waals surface area contributed by atoms with E-state index >= 15 is 0 Å². The average Bonchev–Trinajstić information content (AvgIpc) is 2.66. The first-order valence-electron chi connectivity index (χ1n) is 6.19. The van der Waals surface area contributed by atoms with Crippen LogP contribution >= 0.6 is 12.4 Å². The molecule has 0 aromatic carbocycles. The third-order valence-corrected chi connectivity index (χ3v) is 2.85. The van der Waals surface area contributed by atoms with Crippen LogP contribution in [0.5, 0.6) is 0 Å². The fraction of sp³-hybridized carbons (Fsp3) is 0.583. The molecule has 3 N–H and O–H groups in total. The summed E-state index contributed by atoms with van der Waals surface area (Å²) in [5.74, 6) is -1.03. The normalized spacial score (nSPS) is 10.2. The largest absolute Gasteiger partial charge is 0.481 e. The number of rotatable bonds is 7. The number of likely N-dealkylation sites (N-methyl/N-ethyl adjacent to an activating group) is 1. The molecule has 1 aromatic rings. The highest BCUT2D eigenvalue weighted by Gasteiger charge is 2.13. The predicted molar refractivity (Wildman–Crippen MR) is 78.3 cm³/mol. The summed E-state index contributed by atoms with van der Waals surface area (Å²) < 4.78 is 0. The van der Waals surface area contributed by atoms with Crippen LogP contribution in [0.3, 0.4) is 0 Å². The van der Waals surface area contributed by atoms with Crippen molar-refractivity contribution in [2.24, 2.45) is 0 Å². The molecule has 114 valence electrons. The Morgan fingerprint density at radius 2 is 2.05 bits per heavy atom. The number of carbonyl (C=O) groups excluding carboxylic acids is 1. The van der Waals surface area contributed by atoms with E-state index in [0.717, 1.165) is 11.4 Å². The number of halogens is 1. The Balaban J connectivity index is 0.00000361. The molecule has 0 aliphatic carbocycles. The van der Waals surface area contributed by atoms with E-state index < -0.39 is 5.97 Å². The first kappa shape index (κ1) is 18.4. The van der Waals surface area contributed by atoms with Crippen molar-refractivity contribution >= 4 is 30.0 Å². The average molecular weight is 305 g/mol. The van der Waals surface area contributed by atoms with Gasteiger partial charge in [-0.1, -0.05) is 6.92 Å². The van der Waals surface area contributed by atoms with Crippen molar-refractivity contribution in [3.05, 3.63) is 11.4 Å². The Hall–Kier alpha value is -1.60. The van der Waals surface area contributed by atoms with E-state index in [9.17, 15) is 9.59 Å². The zero-order chi connectivity index (χ0) is 14.4. The first-order chi connectivity index (χ1) is 8.93. The first-order valence-corrected chi connectivity index (χ1v) is 6.19. The van der Waals surface area contributed by atoms with Crippen LogP contribution in [0.2, 0.25) is 0 Å². The van der Waals surface area contributed by atoms with Gasteiger partial charge >= 0.3 is 5.97 Å². The quantitative estimate of drug-likeness (QED) is 0.702. The zero-order valence-electron chi connectivity index (χ0n) is 11.9. The van der Waals surface area contributed by atoms with Crippen LogP contribution in [0, 0.1) is 13.8 Å². The number of carboxylic acid groups (broad SMARTS) is 1. The molecule has 0 fully saturated rings. The standard InChI is InChI=1S/C12H20N4O3.ClH/c1-4-16(6-5-11(18)19)7-10(17)13-12-8(2)14-15-9(12)3;/h4-7H2,1-3H3,(H,13,17)(H,14,15)(H,18,19);1H. The highest BCUT2D eigenvalue weighted by atomic mass is 35.5. The van der Waals surface area contributed by atoms with Gasteiger partial charge in [-0.05, 0) is 20.4 Å². The van der Waals surface area contributed by atoms with E-state index in [4.69, 9.17) is 5.11 Å². The van der Waals surface area contributed by atoms with Crippen molar-refractivity contribution in [1.29, 1.82) is 0 Å². The molecule has 1 rings (SSSR count). The predicted octanol–water partition coefficient (Wildman–Crippen LogP) is 1.18. The molecule has 20 heavy (non-hydrogen) atoms. The second-order valence-corrected chi connectivity index (χ2v) is 4.37. The number of carbonyl (C=O) groups is 2. The Bertz CT molecular complexity index is 442. The summed E-state index contributed by atoms with van der Waals surface area (Å²) in [6.07, 6.45) is 0.0326. The minimum Gasteiger partial charge on any atom is -0.481 e. The number of H-pyrrole nitrogens is 1. The lowest BCUT2D eigenvalue weighted by atomic mass is 10.3. The second-order valence-electron chi connectivity index (χ2n) is 4.37. The summed E-state index contributed by atoms with van der Waals surface area (Å²) in [6, 6.07) is 0. The number of amides is 1. The van der Waals surface area contributed by atoms with E-state index in [1.165, 1.54) is 0 Å². The van der Waals surface area contributed by atoms with E-state index in [-0.39, 0.29) is 31.3 Å². The lowest BCUT2D eigenvalue weighted by Crippen LogP contribution is -2.34. The smallest absolute Gasteiger partial charge is 0.304 e. The number of nitrogens with zero attached hydrogens (tertiary/aromatic N) is 2. The topological polar surface area (TPSA) is 98.3 Å². The van der Waals surface area contributed by atoms with Crippen molar-refractivity contribution < 1.29 is 14.7 Å². The summed E-state index contributed by atoms with van der Waals surface area (Å²) in [7, 11) is 0. The van der Waals surface area contributed by atoms with Gasteiger partial charge in [0.05, 0.1) is 30.0 Å². The SMILES string of the molecule is CCN(CCC(=O)O)CC(=O)Nc1c(C)n[nH]c1C.Cl. The number of hydrogen-bond acceptors (Lipinski definition) is 4. The Kier molecular flexibility index (Phi) is 7.86. The van der Waals surface area contributed by atoms with Gasteiger partial charge in [-0.25, -0.2) is 0 Å². The Labute approximate surface area is 124 Å². The molecule has 1 heterocycles. The maximum Gasteiger partial charge on any atom is 0.304 e. The summed E-state index contributed by atoms with van der Waals surface area (Å²) in [5.41, 5.74) is 2.23. The molecule has 0 spiro atoms. The molecule has 0 aliphatic rings. The van der Waals surface area contributed by atoms with E-state index in [2.05, 4.69) is 15.5 Å². The Morgan fingerprint density at radius 1 is 1.40 bits per heavy atom. The van der Waals surface area contributed by atoms with Gasteiger partial charge in [0.15, 0.2) is 0 Å². The van der Waals surface area contributed by atoms with Crippen LogP contribution in [0.1, 0.15) is 24.7 Å². The fourth-order valence-corrected chi connectivity index (χ4v) is 1.72. The minimum absolute atomic E-state index is 0. The number of carboxylic acids is 1. The highest BCUT2D eigenvalue weighted by molar-refractivity contribution is 5.93. The van der Waals surface area contributed by atoms with Gasteiger partial charge in [0.25, 0.3) is 0 Å². The second kappa shape index (κ2) is 8.55. The van der Waals surface area contributed by atoms with Gasteiger partial charge in [-0.2, -0.15) is 5.10 Å². The van der Waals surface area contributed by atoms with Crippen LogP contribution < -0.4 is 5.32 Å². The molecule has 0 unspecified atom stereocenters. The van der Waals surface area contributed by atoms with Crippen molar-refractivity contribution in [3.8, 4) is 0 Å². The molecule has 0 saturated carbocycles. The number of aliphatic carboxylic acids is 1. The number of aryl methyl sites for hydroxylation is 2. The summed E-state index contributed by atoms with van der Waals surface area (Å²) in [6.45, 7) is 6.70. The molecule has 0 aliphatic heterocycles. The molecule has 1 aromatic heterocycles. The maximum absolute atomic E-state index is 11.9. The molecule has 1 amide bonds. The van der Waals surface area contributed by atoms with E-state index in [1.54, 1.807) is 11.8 Å². The summed E-state index contributed by atoms with van der Waals surface area (Å²) in [4.78, 5) is 24.2. The van der Waals surface area contributed by atoms with Crippen LogP contribution in [0.4, 0.5) is 5.69 Å². The third-order valence-electron chi connectivity index (χ3n) is 2.85. The number of aromatic amines is 1.